The summed E-state index contributed by atoms with van der Waals surface area (Å²) in [6.45, 7) is 3.47. The van der Waals surface area contributed by atoms with Gasteiger partial charge in [0.05, 0.1) is 6.42 Å². The molecule has 2 unspecified atom stereocenters. The second-order valence-electron chi connectivity index (χ2n) is 5.05. The lowest BCUT2D eigenvalue weighted by molar-refractivity contribution is -0.129. The maximum absolute atomic E-state index is 13.0. The first kappa shape index (κ1) is 13.0. The molecule has 2 N–H and O–H groups in total. The second-order valence-corrected chi connectivity index (χ2v) is 5.05. The molecule has 98 valence electrons. The molecule has 1 heterocycles. The quantitative estimate of drug-likeness (QED) is 0.885. The van der Waals surface area contributed by atoms with Crippen molar-refractivity contribution in [3.05, 3.63) is 35.6 Å². The second kappa shape index (κ2) is 5.48. The molecule has 1 amide bonds. The van der Waals surface area contributed by atoms with Gasteiger partial charge < -0.3 is 10.6 Å². The van der Waals surface area contributed by atoms with Crippen molar-refractivity contribution < 1.29 is 9.18 Å². The lowest BCUT2D eigenvalue weighted by atomic mass is 10.0. The highest BCUT2D eigenvalue weighted by molar-refractivity contribution is 5.79. The van der Waals surface area contributed by atoms with E-state index in [9.17, 15) is 9.18 Å². The summed E-state index contributed by atoms with van der Waals surface area (Å²) in [7, 11) is 0. The van der Waals surface area contributed by atoms with E-state index in [1.165, 1.54) is 12.1 Å². The number of nitrogens with zero attached hydrogens (tertiary/aromatic N) is 1. The summed E-state index contributed by atoms with van der Waals surface area (Å²) in [5.41, 5.74) is 6.57. The molecule has 1 fully saturated rings. The molecule has 3 nitrogen and oxygen atoms in total. The number of amides is 1. The number of rotatable bonds is 3. The van der Waals surface area contributed by atoms with E-state index in [1.54, 1.807) is 12.1 Å². The van der Waals surface area contributed by atoms with E-state index in [2.05, 4.69) is 0 Å². The van der Waals surface area contributed by atoms with Gasteiger partial charge in [0.15, 0.2) is 0 Å². The molecule has 1 aromatic rings. The van der Waals surface area contributed by atoms with Crippen molar-refractivity contribution in [3.8, 4) is 0 Å². The lowest BCUT2D eigenvalue weighted by Crippen LogP contribution is -2.33. The van der Waals surface area contributed by atoms with Gasteiger partial charge in [-0.3, -0.25) is 4.79 Å². The van der Waals surface area contributed by atoms with Crippen LogP contribution in [0.3, 0.4) is 0 Å². The van der Waals surface area contributed by atoms with E-state index in [1.807, 2.05) is 11.8 Å². The van der Waals surface area contributed by atoms with Crippen LogP contribution in [0.1, 0.15) is 18.9 Å². The number of benzene rings is 1. The fourth-order valence-electron chi connectivity index (χ4n) is 2.38. The van der Waals surface area contributed by atoms with Crippen molar-refractivity contribution in [1.29, 1.82) is 0 Å². The van der Waals surface area contributed by atoms with Crippen molar-refractivity contribution in [2.75, 3.05) is 13.1 Å². The third kappa shape index (κ3) is 3.07. The Labute approximate surface area is 107 Å². The van der Waals surface area contributed by atoms with Gasteiger partial charge in [-0.1, -0.05) is 12.1 Å². The van der Waals surface area contributed by atoms with Gasteiger partial charge in [0, 0.05) is 19.1 Å². The van der Waals surface area contributed by atoms with Crippen molar-refractivity contribution in [2.24, 2.45) is 11.7 Å². The van der Waals surface area contributed by atoms with Crippen LogP contribution in [0.25, 0.3) is 0 Å². The average Bonchev–Trinajstić information content (AvgIpc) is 2.78. The molecule has 1 aromatic carbocycles. The van der Waals surface area contributed by atoms with Gasteiger partial charge in [-0.25, -0.2) is 4.39 Å². The number of halogens is 1. The number of carbonyl (C=O) groups excluding carboxylic acids is 1. The van der Waals surface area contributed by atoms with E-state index in [0.29, 0.717) is 5.92 Å². The minimum Gasteiger partial charge on any atom is -0.342 e. The fourth-order valence-corrected chi connectivity index (χ4v) is 2.38. The zero-order valence-corrected chi connectivity index (χ0v) is 10.6. The van der Waals surface area contributed by atoms with Gasteiger partial charge in [0.25, 0.3) is 0 Å². The molecule has 1 aliphatic heterocycles. The fraction of sp³-hybridized carbons (Fsp3) is 0.500. The molecule has 1 saturated heterocycles. The van der Waals surface area contributed by atoms with Crippen LogP contribution in [-0.2, 0) is 11.2 Å². The summed E-state index contributed by atoms with van der Waals surface area (Å²) in [4.78, 5) is 13.9. The largest absolute Gasteiger partial charge is 0.342 e. The third-order valence-electron chi connectivity index (χ3n) is 3.57. The Morgan fingerprint density at radius 2 is 2.39 bits per heavy atom. The Bertz CT molecular complexity index is 434. The van der Waals surface area contributed by atoms with E-state index < -0.39 is 0 Å². The van der Waals surface area contributed by atoms with Gasteiger partial charge in [-0.2, -0.15) is 0 Å². The number of hydrogen-bond acceptors (Lipinski definition) is 2. The summed E-state index contributed by atoms with van der Waals surface area (Å²) >= 11 is 0. The van der Waals surface area contributed by atoms with E-state index in [0.717, 1.165) is 25.1 Å². The first-order chi connectivity index (χ1) is 8.56. The smallest absolute Gasteiger partial charge is 0.227 e. The Hall–Kier alpha value is -1.42. The van der Waals surface area contributed by atoms with Gasteiger partial charge in [-0.05, 0) is 37.0 Å². The normalized spacial score (nSPS) is 21.1. The van der Waals surface area contributed by atoms with E-state index in [4.69, 9.17) is 5.73 Å². The first-order valence-corrected chi connectivity index (χ1v) is 6.34. The Balaban J connectivity index is 1.93. The van der Waals surface area contributed by atoms with Crippen LogP contribution in [0.2, 0.25) is 0 Å². The molecule has 2 rings (SSSR count). The van der Waals surface area contributed by atoms with Crippen LogP contribution in [0.5, 0.6) is 0 Å². The predicted molar refractivity (Wildman–Crippen MR) is 68.4 cm³/mol. The van der Waals surface area contributed by atoms with Gasteiger partial charge >= 0.3 is 0 Å². The standard InChI is InChI=1S/C14H19FN2O/c1-10(16)12-5-6-17(9-12)14(18)8-11-3-2-4-13(15)7-11/h2-4,7,10,12H,5-6,8-9,16H2,1H3. The molecule has 0 aromatic heterocycles. The maximum atomic E-state index is 13.0. The molecule has 18 heavy (non-hydrogen) atoms. The van der Waals surface area contributed by atoms with Crippen molar-refractivity contribution in [2.45, 2.75) is 25.8 Å². The molecule has 0 bridgehead atoms. The summed E-state index contributed by atoms with van der Waals surface area (Å²) in [6.07, 6.45) is 1.23. The van der Waals surface area contributed by atoms with Gasteiger partial charge in [0.1, 0.15) is 5.82 Å². The molecule has 2 atom stereocenters. The summed E-state index contributed by atoms with van der Waals surface area (Å²) in [6, 6.07) is 6.33. The van der Waals surface area contributed by atoms with E-state index in [-0.39, 0.29) is 24.2 Å². The van der Waals surface area contributed by atoms with Crippen LogP contribution in [0.4, 0.5) is 4.39 Å². The van der Waals surface area contributed by atoms with Crippen LogP contribution >= 0.6 is 0 Å². The molecule has 1 aliphatic rings. The van der Waals surface area contributed by atoms with Gasteiger partial charge in [0.2, 0.25) is 5.91 Å². The van der Waals surface area contributed by atoms with Crippen LogP contribution in [0.15, 0.2) is 24.3 Å². The molecule has 0 spiro atoms. The Morgan fingerprint density at radius 1 is 1.61 bits per heavy atom. The summed E-state index contributed by atoms with van der Waals surface area (Å²) < 4.78 is 13.0. The number of likely N-dealkylation sites (tertiary alicyclic amines) is 1. The molecule has 0 saturated carbocycles. The van der Waals surface area contributed by atoms with Crippen molar-refractivity contribution in [1.82, 2.24) is 4.90 Å². The van der Waals surface area contributed by atoms with Crippen LogP contribution < -0.4 is 5.73 Å². The molecular formula is C14H19FN2O. The zero-order chi connectivity index (χ0) is 13.1. The number of hydrogen-bond donors (Lipinski definition) is 1. The minimum absolute atomic E-state index is 0.0590. The topological polar surface area (TPSA) is 46.3 Å². The highest BCUT2D eigenvalue weighted by Crippen LogP contribution is 2.19. The Morgan fingerprint density at radius 3 is 3.00 bits per heavy atom. The number of nitrogens with two attached hydrogens (primary N) is 1. The molecule has 0 aliphatic carbocycles. The highest BCUT2D eigenvalue weighted by Gasteiger charge is 2.28. The van der Waals surface area contributed by atoms with Crippen molar-refractivity contribution in [3.63, 3.8) is 0 Å². The molecule has 4 heteroatoms. The predicted octanol–water partition coefficient (Wildman–Crippen LogP) is 1.56. The van der Waals surface area contributed by atoms with Crippen LogP contribution in [0, 0.1) is 11.7 Å². The average molecular weight is 250 g/mol. The SMILES string of the molecule is CC(N)C1CCN(C(=O)Cc2cccc(F)c2)C1. The zero-order valence-electron chi connectivity index (χ0n) is 10.6. The summed E-state index contributed by atoms with van der Waals surface area (Å²) in [5, 5.41) is 0. The maximum Gasteiger partial charge on any atom is 0.227 e. The van der Waals surface area contributed by atoms with Crippen molar-refractivity contribution >= 4 is 5.91 Å². The first-order valence-electron chi connectivity index (χ1n) is 6.34. The lowest BCUT2D eigenvalue weighted by Gasteiger charge is -2.18. The number of carbonyl (C=O) groups is 1. The van der Waals surface area contributed by atoms with Gasteiger partial charge in [-0.15, -0.1) is 0 Å². The minimum atomic E-state index is -0.296. The highest BCUT2D eigenvalue weighted by atomic mass is 19.1. The molecule has 0 radical (unpaired) electrons. The third-order valence-corrected chi connectivity index (χ3v) is 3.57. The monoisotopic (exact) mass is 250 g/mol. The summed E-state index contributed by atoms with van der Waals surface area (Å²) in [5.74, 6) is 0.153. The van der Waals surface area contributed by atoms with E-state index >= 15 is 0 Å². The van der Waals surface area contributed by atoms with Crippen LogP contribution in [-0.4, -0.2) is 29.9 Å². The Kier molecular flexibility index (Phi) is 3.97. The molecular weight excluding hydrogens is 231 g/mol.